The second-order valence-corrected chi connectivity index (χ2v) is 5.81. The molecule has 0 atom stereocenters. The Morgan fingerprint density at radius 1 is 1.12 bits per heavy atom. The zero-order valence-electron chi connectivity index (χ0n) is 14.4. The lowest BCUT2D eigenvalue weighted by atomic mass is 10.0. The molecule has 0 saturated carbocycles. The van der Waals surface area contributed by atoms with Gasteiger partial charge >= 0.3 is 6.18 Å². The first-order chi connectivity index (χ1) is 11.7. The summed E-state index contributed by atoms with van der Waals surface area (Å²) in [5.41, 5.74) is 1.42. The molecule has 0 aliphatic rings. The summed E-state index contributed by atoms with van der Waals surface area (Å²) in [6.45, 7) is 5.34. The van der Waals surface area contributed by atoms with Crippen LogP contribution in [-0.4, -0.2) is 12.3 Å². The van der Waals surface area contributed by atoms with Gasteiger partial charge in [-0.15, -0.1) is 0 Å². The second kappa shape index (κ2) is 7.55. The van der Waals surface area contributed by atoms with Crippen LogP contribution in [0.15, 0.2) is 54.7 Å². The van der Waals surface area contributed by atoms with Crippen molar-refractivity contribution in [3.8, 4) is 0 Å². The highest BCUT2D eigenvalue weighted by Crippen LogP contribution is 2.33. The van der Waals surface area contributed by atoms with E-state index in [0.29, 0.717) is 23.4 Å². The van der Waals surface area contributed by atoms with Gasteiger partial charge in [-0.05, 0) is 50.1 Å². The molecule has 2 rings (SSSR count). The van der Waals surface area contributed by atoms with E-state index < -0.39 is 11.7 Å². The molecule has 0 aliphatic heterocycles. The molecule has 0 heterocycles. The number of rotatable bonds is 5. The predicted molar refractivity (Wildman–Crippen MR) is 94.3 cm³/mol. The van der Waals surface area contributed by atoms with Gasteiger partial charge in [0.15, 0.2) is 5.78 Å². The lowest BCUT2D eigenvalue weighted by Crippen LogP contribution is -2.18. The molecular formula is C20H20F3NO. The van der Waals surface area contributed by atoms with Crippen LogP contribution < -0.4 is 4.90 Å². The number of benzene rings is 2. The van der Waals surface area contributed by atoms with E-state index in [1.165, 1.54) is 6.92 Å². The summed E-state index contributed by atoms with van der Waals surface area (Å²) >= 11 is 0. The highest BCUT2D eigenvalue weighted by Gasteiger charge is 2.31. The van der Waals surface area contributed by atoms with Crippen LogP contribution in [0.2, 0.25) is 0 Å². The monoisotopic (exact) mass is 347 g/mol. The van der Waals surface area contributed by atoms with E-state index in [-0.39, 0.29) is 5.78 Å². The number of aryl methyl sites for hydroxylation is 1. The third-order valence-electron chi connectivity index (χ3n) is 3.81. The molecule has 0 spiro atoms. The van der Waals surface area contributed by atoms with E-state index in [4.69, 9.17) is 0 Å². The van der Waals surface area contributed by atoms with Gasteiger partial charge in [-0.1, -0.05) is 30.3 Å². The molecule has 132 valence electrons. The Morgan fingerprint density at radius 2 is 1.76 bits per heavy atom. The summed E-state index contributed by atoms with van der Waals surface area (Å²) in [5, 5.41) is 0. The smallest absolute Gasteiger partial charge is 0.347 e. The fourth-order valence-electron chi connectivity index (χ4n) is 2.58. The van der Waals surface area contributed by atoms with Crippen LogP contribution in [0.3, 0.4) is 0 Å². The Balaban J connectivity index is 2.52. The van der Waals surface area contributed by atoms with Crippen molar-refractivity contribution in [2.75, 3.05) is 11.4 Å². The first-order valence-corrected chi connectivity index (χ1v) is 7.96. The maximum atomic E-state index is 13.1. The molecule has 2 aromatic carbocycles. The first kappa shape index (κ1) is 18.8. The summed E-state index contributed by atoms with van der Waals surface area (Å²) in [6.07, 6.45) is -2.79. The number of anilines is 1. The lowest BCUT2D eigenvalue weighted by Gasteiger charge is -2.22. The van der Waals surface area contributed by atoms with E-state index in [1.54, 1.807) is 36.2 Å². The first-order valence-electron chi connectivity index (χ1n) is 7.96. The average molecular weight is 347 g/mol. The van der Waals surface area contributed by atoms with Crippen LogP contribution in [-0.2, 0) is 11.0 Å². The summed E-state index contributed by atoms with van der Waals surface area (Å²) in [5.74, 6) is -0.145. The number of carbonyl (C=O) groups excluding carboxylic acids is 1. The molecule has 5 heteroatoms. The number of allylic oxidation sites excluding steroid dienone is 1. The maximum Gasteiger partial charge on any atom is 0.416 e. The van der Waals surface area contributed by atoms with Gasteiger partial charge in [-0.2, -0.15) is 13.2 Å². The van der Waals surface area contributed by atoms with Crippen molar-refractivity contribution in [2.45, 2.75) is 26.9 Å². The van der Waals surface area contributed by atoms with Gasteiger partial charge in [-0.25, -0.2) is 0 Å². The van der Waals surface area contributed by atoms with Gasteiger partial charge in [0.05, 0.1) is 5.56 Å². The minimum absolute atomic E-state index is 0.145. The molecule has 2 aromatic rings. The molecule has 0 bridgehead atoms. The van der Waals surface area contributed by atoms with Crippen LogP contribution in [0.5, 0.6) is 0 Å². The summed E-state index contributed by atoms with van der Waals surface area (Å²) < 4.78 is 39.2. The quantitative estimate of drug-likeness (QED) is 0.669. The second-order valence-electron chi connectivity index (χ2n) is 5.81. The molecule has 0 fully saturated rings. The normalized spacial score (nSPS) is 12.2. The highest BCUT2D eigenvalue weighted by atomic mass is 19.4. The number of nitrogens with zero attached hydrogens (tertiary/aromatic N) is 1. The van der Waals surface area contributed by atoms with Gasteiger partial charge in [0, 0.05) is 24.0 Å². The zero-order chi connectivity index (χ0) is 18.6. The largest absolute Gasteiger partial charge is 0.416 e. The standard InChI is InChI=1S/C20H20F3NO/c1-4-24(13-19(15(3)25)16-8-6-5-7-9-16)18-11-14(2)10-17(12-18)20(21,22)23/h5-13H,4H2,1-3H3/b19-13+. The fraction of sp³-hybridized carbons (Fsp3) is 0.250. The van der Waals surface area contributed by atoms with Crippen LogP contribution in [0.1, 0.15) is 30.5 Å². The Labute approximate surface area is 145 Å². The molecule has 0 saturated heterocycles. The Hall–Kier alpha value is -2.56. The Bertz CT molecular complexity index is 779. The number of carbonyl (C=O) groups is 1. The molecule has 25 heavy (non-hydrogen) atoms. The van der Waals surface area contributed by atoms with Gasteiger partial charge < -0.3 is 4.90 Å². The Kier molecular flexibility index (Phi) is 5.67. The third-order valence-corrected chi connectivity index (χ3v) is 3.81. The van der Waals surface area contributed by atoms with Crippen LogP contribution in [0, 0.1) is 6.92 Å². The molecule has 0 aliphatic carbocycles. The van der Waals surface area contributed by atoms with Crippen LogP contribution in [0.25, 0.3) is 5.57 Å². The number of halogens is 3. The fourth-order valence-corrected chi connectivity index (χ4v) is 2.58. The van der Waals surface area contributed by atoms with Crippen LogP contribution in [0.4, 0.5) is 18.9 Å². The molecule has 2 nitrogen and oxygen atoms in total. The minimum atomic E-state index is -4.41. The predicted octanol–water partition coefficient (Wildman–Crippen LogP) is 5.47. The number of alkyl halides is 3. The number of hydrogen-bond donors (Lipinski definition) is 0. The van der Waals surface area contributed by atoms with Gasteiger partial charge in [0.25, 0.3) is 0 Å². The maximum absolute atomic E-state index is 13.1. The zero-order valence-corrected chi connectivity index (χ0v) is 14.4. The van der Waals surface area contributed by atoms with E-state index in [0.717, 1.165) is 17.7 Å². The van der Waals surface area contributed by atoms with E-state index in [9.17, 15) is 18.0 Å². The van der Waals surface area contributed by atoms with E-state index in [2.05, 4.69) is 0 Å². The highest BCUT2D eigenvalue weighted by molar-refractivity contribution is 6.19. The average Bonchev–Trinajstić information content (AvgIpc) is 2.55. The van der Waals surface area contributed by atoms with Crippen molar-refractivity contribution < 1.29 is 18.0 Å². The molecule has 0 N–H and O–H groups in total. The molecular weight excluding hydrogens is 327 g/mol. The number of Topliss-reactive ketones (excluding diaryl/α,β-unsaturated/α-hetero) is 1. The number of hydrogen-bond acceptors (Lipinski definition) is 2. The summed E-state index contributed by atoms with van der Waals surface area (Å²) in [4.78, 5) is 13.7. The molecule has 0 unspecified atom stereocenters. The topological polar surface area (TPSA) is 20.3 Å². The summed E-state index contributed by atoms with van der Waals surface area (Å²) in [7, 11) is 0. The third kappa shape index (κ3) is 4.72. The molecule has 0 radical (unpaired) electrons. The van der Waals surface area contributed by atoms with Crippen molar-refractivity contribution >= 4 is 17.0 Å². The van der Waals surface area contributed by atoms with Crippen molar-refractivity contribution in [3.05, 3.63) is 71.4 Å². The molecule has 0 amide bonds. The van der Waals surface area contributed by atoms with E-state index in [1.807, 2.05) is 25.1 Å². The van der Waals surface area contributed by atoms with Crippen molar-refractivity contribution in [2.24, 2.45) is 0 Å². The van der Waals surface area contributed by atoms with Gasteiger partial charge in [0.2, 0.25) is 0 Å². The van der Waals surface area contributed by atoms with Crippen molar-refractivity contribution in [1.29, 1.82) is 0 Å². The summed E-state index contributed by atoms with van der Waals surface area (Å²) in [6, 6.07) is 13.0. The Morgan fingerprint density at radius 3 is 2.28 bits per heavy atom. The van der Waals surface area contributed by atoms with Crippen molar-refractivity contribution in [3.63, 3.8) is 0 Å². The lowest BCUT2D eigenvalue weighted by molar-refractivity contribution is -0.137. The van der Waals surface area contributed by atoms with E-state index >= 15 is 0 Å². The molecule has 0 aromatic heterocycles. The minimum Gasteiger partial charge on any atom is -0.347 e. The van der Waals surface area contributed by atoms with Crippen LogP contribution >= 0.6 is 0 Å². The van der Waals surface area contributed by atoms with Crippen molar-refractivity contribution in [1.82, 2.24) is 0 Å². The SMILES string of the molecule is CCN(/C=C(\C(C)=O)c1ccccc1)c1cc(C)cc(C(F)(F)F)c1. The van der Waals surface area contributed by atoms with Gasteiger partial charge in [0.1, 0.15) is 0 Å². The van der Waals surface area contributed by atoms with Gasteiger partial charge in [-0.3, -0.25) is 4.79 Å². The number of ketones is 1.